The Bertz CT molecular complexity index is 127. The molecule has 0 aromatic rings. The van der Waals surface area contributed by atoms with Crippen molar-refractivity contribution in [2.75, 3.05) is 12.4 Å². The quantitative estimate of drug-likeness (QED) is 0.617. The Balaban J connectivity index is 1.68. The normalized spacial score (nSPS) is 28.5. The lowest BCUT2D eigenvalue weighted by Gasteiger charge is -2.12. The van der Waals surface area contributed by atoms with E-state index in [0.717, 1.165) is 11.8 Å². The van der Waals surface area contributed by atoms with Crippen molar-refractivity contribution in [2.24, 2.45) is 5.92 Å². The predicted molar refractivity (Wildman–Crippen MR) is 43.4 cm³/mol. The molecule has 2 rings (SSSR count). The van der Waals surface area contributed by atoms with Crippen LogP contribution in [0.5, 0.6) is 0 Å². The summed E-state index contributed by atoms with van der Waals surface area (Å²) in [6, 6.07) is 0. The Morgan fingerprint density at radius 2 is 2.10 bits per heavy atom. The third-order valence-corrected chi connectivity index (χ3v) is 3.08. The molecule has 0 unspecified atom stereocenters. The minimum absolute atomic E-state index is 0.379. The van der Waals surface area contributed by atoms with E-state index in [4.69, 9.17) is 11.6 Å². The van der Waals surface area contributed by atoms with Crippen LogP contribution in [0.25, 0.3) is 0 Å². The van der Waals surface area contributed by atoms with E-state index in [0.29, 0.717) is 5.54 Å². The smallest absolute Gasteiger partial charge is 0.0406 e. The highest BCUT2D eigenvalue weighted by molar-refractivity contribution is 6.18. The largest absolute Gasteiger partial charge is 0.310 e. The van der Waals surface area contributed by atoms with Crippen molar-refractivity contribution in [1.29, 1.82) is 0 Å². The summed E-state index contributed by atoms with van der Waals surface area (Å²) in [7, 11) is 0. The maximum Gasteiger partial charge on any atom is 0.0406 e. The highest BCUT2D eigenvalue weighted by Crippen LogP contribution is 2.38. The van der Waals surface area contributed by atoms with Gasteiger partial charge in [-0.15, -0.1) is 11.6 Å². The van der Waals surface area contributed by atoms with E-state index in [1.54, 1.807) is 0 Å². The van der Waals surface area contributed by atoms with Crippen LogP contribution in [0.2, 0.25) is 0 Å². The summed E-state index contributed by atoms with van der Waals surface area (Å²) in [5.74, 6) is 1.79. The highest BCUT2D eigenvalue weighted by Gasteiger charge is 2.42. The molecule has 0 bridgehead atoms. The van der Waals surface area contributed by atoms with E-state index in [-0.39, 0.29) is 0 Å². The fourth-order valence-corrected chi connectivity index (χ4v) is 1.55. The molecule has 58 valence electrons. The average molecular weight is 160 g/mol. The predicted octanol–water partition coefficient (Wildman–Crippen LogP) is 1.76. The molecule has 0 heterocycles. The van der Waals surface area contributed by atoms with Gasteiger partial charge in [0.2, 0.25) is 0 Å². The van der Waals surface area contributed by atoms with Crippen LogP contribution in [0.4, 0.5) is 0 Å². The van der Waals surface area contributed by atoms with E-state index in [2.05, 4.69) is 5.32 Å². The molecular weight excluding hydrogens is 146 g/mol. The zero-order valence-corrected chi connectivity index (χ0v) is 6.95. The molecule has 2 saturated carbocycles. The van der Waals surface area contributed by atoms with E-state index in [1.165, 1.54) is 32.2 Å². The summed E-state index contributed by atoms with van der Waals surface area (Å²) in [5.41, 5.74) is 0.379. The van der Waals surface area contributed by atoms with Gasteiger partial charge in [0.25, 0.3) is 0 Å². The van der Waals surface area contributed by atoms with Crippen molar-refractivity contribution in [1.82, 2.24) is 5.32 Å². The Morgan fingerprint density at radius 1 is 1.40 bits per heavy atom. The number of hydrogen-bond acceptors (Lipinski definition) is 1. The Kier molecular flexibility index (Phi) is 1.65. The second-order valence-corrected chi connectivity index (χ2v) is 4.01. The zero-order chi connectivity index (χ0) is 7.03. The fourth-order valence-electron chi connectivity index (χ4n) is 1.19. The Labute approximate surface area is 67.1 Å². The molecule has 2 heteroatoms. The fraction of sp³-hybridized carbons (Fsp3) is 1.00. The van der Waals surface area contributed by atoms with Crippen molar-refractivity contribution in [3.63, 3.8) is 0 Å². The molecular formula is C8H14ClN. The first-order chi connectivity index (χ1) is 4.85. The number of nitrogens with one attached hydrogen (secondary N) is 1. The summed E-state index contributed by atoms with van der Waals surface area (Å²) >= 11 is 5.80. The van der Waals surface area contributed by atoms with Gasteiger partial charge in [0, 0.05) is 11.4 Å². The molecule has 0 aromatic heterocycles. The minimum Gasteiger partial charge on any atom is -0.310 e. The van der Waals surface area contributed by atoms with Gasteiger partial charge in [0.05, 0.1) is 0 Å². The molecule has 0 amide bonds. The van der Waals surface area contributed by atoms with Crippen molar-refractivity contribution >= 4 is 11.6 Å². The van der Waals surface area contributed by atoms with Gasteiger partial charge in [-0.25, -0.2) is 0 Å². The second-order valence-electron chi connectivity index (χ2n) is 3.74. The van der Waals surface area contributed by atoms with Crippen molar-refractivity contribution < 1.29 is 0 Å². The summed E-state index contributed by atoms with van der Waals surface area (Å²) in [4.78, 5) is 0. The summed E-state index contributed by atoms with van der Waals surface area (Å²) < 4.78 is 0. The first kappa shape index (κ1) is 6.93. The van der Waals surface area contributed by atoms with Crippen LogP contribution in [0, 0.1) is 5.92 Å². The third-order valence-electron chi connectivity index (χ3n) is 2.57. The number of hydrogen-bond donors (Lipinski definition) is 1. The topological polar surface area (TPSA) is 12.0 Å². The van der Waals surface area contributed by atoms with Crippen molar-refractivity contribution in [3.05, 3.63) is 0 Å². The molecule has 0 saturated heterocycles. The number of alkyl halides is 1. The van der Waals surface area contributed by atoms with Gasteiger partial charge < -0.3 is 5.32 Å². The van der Waals surface area contributed by atoms with Crippen LogP contribution in [0.1, 0.15) is 25.7 Å². The maximum atomic E-state index is 5.80. The Morgan fingerprint density at radius 3 is 2.50 bits per heavy atom. The minimum atomic E-state index is 0.379. The standard InChI is InChI=1S/C8H14ClN/c9-6-8(3-4-8)10-5-7-1-2-7/h7,10H,1-6H2. The van der Waals surface area contributed by atoms with E-state index >= 15 is 0 Å². The SMILES string of the molecule is ClCC1(NCC2CC2)CC1. The van der Waals surface area contributed by atoms with Crippen LogP contribution in [0.3, 0.4) is 0 Å². The molecule has 0 aliphatic heterocycles. The van der Waals surface area contributed by atoms with Gasteiger partial charge in [0.15, 0.2) is 0 Å². The molecule has 1 nitrogen and oxygen atoms in total. The van der Waals surface area contributed by atoms with Gasteiger partial charge in [-0.05, 0) is 38.1 Å². The van der Waals surface area contributed by atoms with Gasteiger partial charge in [0.1, 0.15) is 0 Å². The first-order valence-corrected chi connectivity index (χ1v) is 4.69. The summed E-state index contributed by atoms with van der Waals surface area (Å²) in [6.07, 6.45) is 5.46. The molecule has 2 aliphatic rings. The molecule has 10 heavy (non-hydrogen) atoms. The molecule has 2 fully saturated rings. The molecule has 0 atom stereocenters. The van der Waals surface area contributed by atoms with Gasteiger partial charge in [-0.2, -0.15) is 0 Å². The summed E-state index contributed by atoms with van der Waals surface area (Å²) in [5, 5.41) is 3.55. The summed E-state index contributed by atoms with van der Waals surface area (Å²) in [6.45, 7) is 1.22. The van der Waals surface area contributed by atoms with Crippen molar-refractivity contribution in [3.8, 4) is 0 Å². The second kappa shape index (κ2) is 2.38. The monoisotopic (exact) mass is 159 g/mol. The lowest BCUT2D eigenvalue weighted by molar-refractivity contribution is 0.522. The number of rotatable bonds is 4. The molecule has 1 N–H and O–H groups in total. The van der Waals surface area contributed by atoms with Gasteiger partial charge in [-0.3, -0.25) is 0 Å². The lowest BCUT2D eigenvalue weighted by Crippen LogP contribution is -2.34. The lowest BCUT2D eigenvalue weighted by atomic mass is 10.3. The molecule has 0 radical (unpaired) electrons. The Hall–Kier alpha value is 0.250. The molecule has 0 spiro atoms. The maximum absolute atomic E-state index is 5.80. The third kappa shape index (κ3) is 1.46. The van der Waals surface area contributed by atoms with Crippen LogP contribution < -0.4 is 5.32 Å². The van der Waals surface area contributed by atoms with Crippen molar-refractivity contribution in [2.45, 2.75) is 31.2 Å². The van der Waals surface area contributed by atoms with E-state index in [1.807, 2.05) is 0 Å². The first-order valence-electron chi connectivity index (χ1n) is 4.16. The zero-order valence-electron chi connectivity index (χ0n) is 6.20. The van der Waals surface area contributed by atoms with Crippen LogP contribution in [-0.2, 0) is 0 Å². The number of halogens is 1. The molecule has 0 aromatic carbocycles. The average Bonchev–Trinajstić information content (AvgIpc) is 2.83. The van der Waals surface area contributed by atoms with Crippen LogP contribution in [-0.4, -0.2) is 18.0 Å². The molecule has 2 aliphatic carbocycles. The van der Waals surface area contributed by atoms with E-state index < -0.39 is 0 Å². The van der Waals surface area contributed by atoms with Gasteiger partial charge >= 0.3 is 0 Å². The van der Waals surface area contributed by atoms with E-state index in [9.17, 15) is 0 Å². The van der Waals surface area contributed by atoms with Crippen LogP contribution in [0.15, 0.2) is 0 Å². The highest BCUT2D eigenvalue weighted by atomic mass is 35.5. The van der Waals surface area contributed by atoms with Gasteiger partial charge in [-0.1, -0.05) is 0 Å². The van der Waals surface area contributed by atoms with Crippen LogP contribution >= 0.6 is 11.6 Å².